The lowest BCUT2D eigenvalue weighted by atomic mass is 10.2. The van der Waals surface area contributed by atoms with Gasteiger partial charge in [0.1, 0.15) is 5.75 Å². The van der Waals surface area contributed by atoms with E-state index < -0.39 is 0 Å². The molecule has 0 amide bonds. The van der Waals surface area contributed by atoms with Gasteiger partial charge in [-0.3, -0.25) is 0 Å². The van der Waals surface area contributed by atoms with Crippen LogP contribution in [0.15, 0.2) is 23.3 Å². The van der Waals surface area contributed by atoms with E-state index in [2.05, 4.69) is 23.9 Å². The van der Waals surface area contributed by atoms with Gasteiger partial charge in [0.2, 0.25) is 0 Å². The van der Waals surface area contributed by atoms with E-state index in [1.54, 1.807) is 12.1 Å². The highest BCUT2D eigenvalue weighted by Crippen LogP contribution is 2.30. The first-order chi connectivity index (χ1) is 7.72. The molecule has 4 heteroatoms. The van der Waals surface area contributed by atoms with Gasteiger partial charge >= 0.3 is 0 Å². The fourth-order valence-corrected chi connectivity index (χ4v) is 1.73. The number of rotatable bonds is 6. The van der Waals surface area contributed by atoms with Crippen molar-refractivity contribution in [2.45, 2.75) is 26.7 Å². The molecule has 0 spiro atoms. The minimum Gasteiger partial charge on any atom is -0.505 e. The molecule has 1 aromatic rings. The molecule has 88 valence electrons. The fourth-order valence-electron chi connectivity index (χ4n) is 1.73. The van der Waals surface area contributed by atoms with Gasteiger partial charge in [-0.05, 0) is 30.1 Å². The maximum atomic E-state index is 9.68. The average Bonchev–Trinajstić information content (AvgIpc) is 2.28. The number of aromatic hydroxyl groups is 1. The molecule has 0 aliphatic heterocycles. The van der Waals surface area contributed by atoms with Gasteiger partial charge in [-0.15, -0.1) is 0 Å². The molecule has 0 unspecified atom stereocenters. The maximum Gasteiger partial charge on any atom is 0.171 e. The molecule has 0 saturated carbocycles. The molecule has 0 aliphatic rings. The molecular formula is C12H20N3O+. The van der Waals surface area contributed by atoms with Crippen LogP contribution in [0.5, 0.6) is 5.75 Å². The van der Waals surface area contributed by atoms with Crippen LogP contribution in [0.25, 0.3) is 0 Å². The van der Waals surface area contributed by atoms with Crippen LogP contribution in [-0.2, 0) is 0 Å². The van der Waals surface area contributed by atoms with E-state index in [9.17, 15) is 5.11 Å². The molecule has 16 heavy (non-hydrogen) atoms. The summed E-state index contributed by atoms with van der Waals surface area (Å²) in [5.74, 6) is 0.136. The Morgan fingerprint density at radius 2 is 1.88 bits per heavy atom. The normalized spacial score (nSPS) is 10.1. The lowest BCUT2D eigenvalue weighted by Gasteiger charge is -2.23. The first-order valence-electron chi connectivity index (χ1n) is 5.71. The minimum atomic E-state index is 0.136. The molecule has 0 radical (unpaired) electrons. The highest BCUT2D eigenvalue weighted by atomic mass is 16.3. The summed E-state index contributed by atoms with van der Waals surface area (Å²) in [5.41, 5.74) is 6.59. The van der Waals surface area contributed by atoms with Crippen molar-refractivity contribution in [2.24, 2.45) is 5.11 Å². The standard InChI is InChI=1S/C12H19N3O/c1-3-7-15(8-4-2)10-5-6-11(14-13)12(16)9-10/h5-6,9,13,16H,3-4,7-8H2,1-2H3/p+1. The van der Waals surface area contributed by atoms with Gasteiger partial charge in [0.25, 0.3) is 0 Å². The topological polar surface area (TPSA) is 61.4 Å². The van der Waals surface area contributed by atoms with E-state index >= 15 is 0 Å². The molecule has 1 rings (SSSR count). The molecule has 0 atom stereocenters. The summed E-state index contributed by atoms with van der Waals surface area (Å²) in [6.45, 7) is 6.27. The summed E-state index contributed by atoms with van der Waals surface area (Å²) in [6, 6.07) is 5.40. The summed E-state index contributed by atoms with van der Waals surface area (Å²) >= 11 is 0. The zero-order valence-electron chi connectivity index (χ0n) is 9.98. The largest absolute Gasteiger partial charge is 0.505 e. The van der Waals surface area contributed by atoms with Crippen LogP contribution in [0, 0.1) is 0 Å². The van der Waals surface area contributed by atoms with Gasteiger partial charge in [0.05, 0.1) is 0 Å². The van der Waals surface area contributed by atoms with Gasteiger partial charge < -0.3 is 10.0 Å². The number of phenols is 1. The Bertz CT molecular complexity index is 346. The first kappa shape index (κ1) is 12.5. The predicted molar refractivity (Wildman–Crippen MR) is 64.9 cm³/mol. The van der Waals surface area contributed by atoms with Gasteiger partial charge in [0.15, 0.2) is 5.69 Å². The molecule has 0 aromatic heterocycles. The van der Waals surface area contributed by atoms with Gasteiger partial charge in [-0.1, -0.05) is 13.8 Å². The van der Waals surface area contributed by atoms with E-state index in [1.807, 2.05) is 6.07 Å². The third-order valence-corrected chi connectivity index (χ3v) is 2.45. The number of benzene rings is 1. The monoisotopic (exact) mass is 222 g/mol. The lowest BCUT2D eigenvalue weighted by molar-refractivity contribution is -0.210. The number of nitrogens with zero attached hydrogens (tertiary/aromatic N) is 2. The third kappa shape index (κ3) is 2.95. The third-order valence-electron chi connectivity index (χ3n) is 2.45. The van der Waals surface area contributed by atoms with Crippen molar-refractivity contribution in [3.05, 3.63) is 18.2 Å². The van der Waals surface area contributed by atoms with Gasteiger partial charge in [-0.25, -0.2) is 0 Å². The Balaban J connectivity index is 2.91. The second-order valence-electron chi connectivity index (χ2n) is 3.79. The molecule has 0 bridgehead atoms. The summed E-state index contributed by atoms with van der Waals surface area (Å²) in [5, 5.41) is 13.2. The Morgan fingerprint density at radius 3 is 2.31 bits per heavy atom. The highest BCUT2D eigenvalue weighted by Gasteiger charge is 2.08. The van der Waals surface area contributed by atoms with Crippen LogP contribution in [0.1, 0.15) is 26.7 Å². The Morgan fingerprint density at radius 1 is 1.25 bits per heavy atom. The van der Waals surface area contributed by atoms with Crippen molar-refractivity contribution >= 4 is 11.4 Å². The number of nitrogens with two attached hydrogens (primary N) is 1. The summed E-state index contributed by atoms with van der Waals surface area (Å²) < 4.78 is 0. The van der Waals surface area contributed by atoms with E-state index in [4.69, 9.17) is 5.53 Å². The number of anilines is 1. The quantitative estimate of drug-likeness (QED) is 0.722. The summed E-state index contributed by atoms with van der Waals surface area (Å²) in [4.78, 5) is 2.25. The van der Waals surface area contributed by atoms with Crippen LogP contribution in [0.3, 0.4) is 0 Å². The fraction of sp³-hybridized carbons (Fsp3) is 0.500. The van der Waals surface area contributed by atoms with Crippen molar-refractivity contribution < 1.29 is 10.6 Å². The summed E-state index contributed by atoms with van der Waals surface area (Å²) in [7, 11) is 0. The van der Waals surface area contributed by atoms with Crippen LogP contribution < -0.4 is 10.4 Å². The summed E-state index contributed by atoms with van der Waals surface area (Å²) in [6.07, 6.45) is 2.17. The smallest absolute Gasteiger partial charge is 0.171 e. The van der Waals surface area contributed by atoms with Crippen molar-refractivity contribution in [1.82, 2.24) is 0 Å². The highest BCUT2D eigenvalue weighted by molar-refractivity contribution is 5.60. The van der Waals surface area contributed by atoms with Crippen LogP contribution in [0.4, 0.5) is 11.4 Å². The molecule has 0 fully saturated rings. The van der Waals surface area contributed by atoms with E-state index in [-0.39, 0.29) is 5.75 Å². The second-order valence-corrected chi connectivity index (χ2v) is 3.79. The molecule has 0 saturated heterocycles. The van der Waals surface area contributed by atoms with Crippen molar-refractivity contribution in [2.75, 3.05) is 18.0 Å². The molecule has 3 N–H and O–H groups in total. The maximum absolute atomic E-state index is 9.68. The first-order valence-corrected chi connectivity index (χ1v) is 5.71. The van der Waals surface area contributed by atoms with E-state index in [0.717, 1.165) is 31.6 Å². The number of hydrogen-bond donors (Lipinski definition) is 2. The number of hydrogen-bond acceptors (Lipinski definition) is 3. The van der Waals surface area contributed by atoms with Crippen LogP contribution in [-0.4, -0.2) is 18.2 Å². The van der Waals surface area contributed by atoms with Gasteiger partial charge in [-0.2, -0.15) is 5.53 Å². The van der Waals surface area contributed by atoms with Crippen LogP contribution >= 0.6 is 0 Å². The SMILES string of the molecule is CCCN(CCC)c1ccc(N=[NH2+])c(O)c1. The van der Waals surface area contributed by atoms with Crippen molar-refractivity contribution in [1.29, 1.82) is 0 Å². The predicted octanol–water partition coefficient (Wildman–Crippen LogP) is 1.86. The zero-order chi connectivity index (χ0) is 12.0. The Hall–Kier alpha value is -1.58. The Labute approximate surface area is 96.4 Å². The number of phenolic OH excluding ortho intramolecular Hbond substituents is 1. The molecule has 0 aliphatic carbocycles. The average molecular weight is 222 g/mol. The lowest BCUT2D eigenvalue weighted by Crippen LogP contribution is -2.24. The minimum absolute atomic E-state index is 0.136. The van der Waals surface area contributed by atoms with Crippen molar-refractivity contribution in [3.63, 3.8) is 0 Å². The van der Waals surface area contributed by atoms with Crippen molar-refractivity contribution in [3.8, 4) is 5.75 Å². The molecule has 0 heterocycles. The zero-order valence-corrected chi connectivity index (χ0v) is 9.98. The second kappa shape index (κ2) is 6.10. The van der Waals surface area contributed by atoms with Crippen LogP contribution in [0.2, 0.25) is 0 Å². The molecule has 1 aromatic carbocycles. The van der Waals surface area contributed by atoms with E-state index in [1.165, 1.54) is 0 Å². The van der Waals surface area contributed by atoms with E-state index in [0.29, 0.717) is 5.69 Å². The van der Waals surface area contributed by atoms with Gasteiger partial charge in [0, 0.05) is 24.8 Å². The Kier molecular flexibility index (Phi) is 4.76. The molecule has 4 nitrogen and oxygen atoms in total. The molecular weight excluding hydrogens is 202 g/mol.